The van der Waals surface area contributed by atoms with E-state index in [1.807, 2.05) is 0 Å². The molecule has 0 aromatic carbocycles. The second-order valence-electron chi connectivity index (χ2n) is 6.46. The number of hydrogen-bond acceptors (Lipinski definition) is 9. The van der Waals surface area contributed by atoms with Crippen molar-refractivity contribution in [2.24, 2.45) is 0 Å². The van der Waals surface area contributed by atoms with Gasteiger partial charge in [-0.2, -0.15) is 9.97 Å². The van der Waals surface area contributed by atoms with Crippen molar-refractivity contribution in [1.29, 1.82) is 0 Å². The van der Waals surface area contributed by atoms with E-state index >= 15 is 0 Å². The van der Waals surface area contributed by atoms with Crippen LogP contribution >= 0.6 is 7.82 Å². The van der Waals surface area contributed by atoms with Gasteiger partial charge in [0.05, 0.1) is 12.9 Å². The van der Waals surface area contributed by atoms with Gasteiger partial charge in [0.2, 0.25) is 5.95 Å². The van der Waals surface area contributed by atoms with Crippen molar-refractivity contribution in [2.75, 3.05) is 17.7 Å². The molecule has 0 unspecified atom stereocenters. The first-order valence-corrected chi connectivity index (χ1v) is 9.70. The lowest BCUT2D eigenvalue weighted by Gasteiger charge is -2.16. The van der Waals surface area contributed by atoms with Crippen LogP contribution in [0.25, 0.3) is 11.2 Å². The standard InChI is InChI=1S/C13H18FN6O6P/c14-7-9(21)6(3-25-27(22,23)24)26-12(7)20-4-16-8-10(17-5-1-2-5)18-13(15)19-11(8)20/h4-7,9,12,21H,1-3H2,(H2,22,23,24)(H3,15,17,18,19)/t6-,7-,9-,12-/m1/s1. The lowest BCUT2D eigenvalue weighted by atomic mass is 10.1. The fourth-order valence-electron chi connectivity index (χ4n) is 2.88. The number of imidazole rings is 1. The summed E-state index contributed by atoms with van der Waals surface area (Å²) in [7, 11) is -4.78. The third kappa shape index (κ3) is 3.74. The van der Waals surface area contributed by atoms with Crippen LogP contribution in [0.5, 0.6) is 0 Å². The summed E-state index contributed by atoms with van der Waals surface area (Å²) < 4.78 is 36.4. The topological polar surface area (TPSA) is 178 Å². The molecule has 12 nitrogen and oxygen atoms in total. The van der Waals surface area contributed by atoms with Crippen LogP contribution in [0, 0.1) is 0 Å². The SMILES string of the molecule is Nc1nc(NC2CC2)c2ncn([C@@H]3O[C@H](COP(=O)(O)O)[C@@H](O)[C@H]3F)c2n1. The number of phosphoric ester groups is 1. The molecule has 1 saturated carbocycles. The number of hydrogen-bond donors (Lipinski definition) is 5. The second-order valence-corrected chi connectivity index (χ2v) is 7.70. The van der Waals surface area contributed by atoms with Gasteiger partial charge in [0.15, 0.2) is 29.4 Å². The Morgan fingerprint density at radius 3 is 2.85 bits per heavy atom. The number of nitrogens with one attached hydrogen (secondary N) is 1. The van der Waals surface area contributed by atoms with Gasteiger partial charge in [-0.15, -0.1) is 0 Å². The largest absolute Gasteiger partial charge is 0.469 e. The molecule has 6 N–H and O–H groups in total. The van der Waals surface area contributed by atoms with Crippen molar-refractivity contribution < 1.29 is 33.1 Å². The highest BCUT2D eigenvalue weighted by atomic mass is 31.2. The Balaban J connectivity index is 1.62. The highest BCUT2D eigenvalue weighted by molar-refractivity contribution is 7.46. The van der Waals surface area contributed by atoms with Gasteiger partial charge >= 0.3 is 7.82 Å². The lowest BCUT2D eigenvalue weighted by molar-refractivity contribution is -0.0451. The molecule has 2 aromatic heterocycles. The fourth-order valence-corrected chi connectivity index (χ4v) is 3.22. The van der Waals surface area contributed by atoms with E-state index in [4.69, 9.17) is 20.3 Å². The number of nitrogens with two attached hydrogens (primary N) is 1. The molecule has 1 aliphatic heterocycles. The van der Waals surface area contributed by atoms with Gasteiger partial charge in [0.1, 0.15) is 12.2 Å². The van der Waals surface area contributed by atoms with Crippen LogP contribution in [0.3, 0.4) is 0 Å². The van der Waals surface area contributed by atoms with Crippen molar-refractivity contribution in [3.63, 3.8) is 0 Å². The number of rotatable bonds is 6. The minimum atomic E-state index is -4.78. The molecule has 0 bridgehead atoms. The van der Waals surface area contributed by atoms with Gasteiger partial charge in [0, 0.05) is 6.04 Å². The van der Waals surface area contributed by atoms with Crippen LogP contribution in [0.15, 0.2) is 6.33 Å². The van der Waals surface area contributed by atoms with Gasteiger partial charge in [0.25, 0.3) is 0 Å². The van der Waals surface area contributed by atoms with Crippen LogP contribution in [0.2, 0.25) is 0 Å². The van der Waals surface area contributed by atoms with E-state index < -0.39 is 39.0 Å². The van der Waals surface area contributed by atoms with E-state index in [9.17, 15) is 14.1 Å². The Morgan fingerprint density at radius 2 is 2.19 bits per heavy atom. The summed E-state index contributed by atoms with van der Waals surface area (Å²) in [6, 6.07) is 0.278. The van der Waals surface area contributed by atoms with Crippen molar-refractivity contribution in [2.45, 2.75) is 43.5 Å². The van der Waals surface area contributed by atoms with Gasteiger partial charge in [-0.3, -0.25) is 9.09 Å². The van der Waals surface area contributed by atoms with Crippen LogP contribution in [0.1, 0.15) is 19.1 Å². The van der Waals surface area contributed by atoms with Gasteiger partial charge in [-0.1, -0.05) is 0 Å². The average molecular weight is 404 g/mol. The molecule has 4 atom stereocenters. The molecule has 3 heterocycles. The number of aliphatic hydroxyl groups is 1. The van der Waals surface area contributed by atoms with E-state index in [1.54, 1.807) is 0 Å². The molecule has 2 aromatic rings. The fraction of sp³-hybridized carbons (Fsp3) is 0.615. The first kappa shape index (κ1) is 18.5. The zero-order valence-electron chi connectivity index (χ0n) is 13.8. The number of aliphatic hydroxyl groups excluding tert-OH is 1. The molecule has 14 heteroatoms. The van der Waals surface area contributed by atoms with E-state index in [0.29, 0.717) is 11.3 Å². The number of aromatic nitrogens is 4. The monoisotopic (exact) mass is 404 g/mol. The van der Waals surface area contributed by atoms with Crippen LogP contribution < -0.4 is 11.1 Å². The normalized spacial score (nSPS) is 28.7. The summed E-state index contributed by atoms with van der Waals surface area (Å²) in [4.78, 5) is 29.9. The average Bonchev–Trinajstić information content (AvgIpc) is 3.23. The Bertz CT molecular complexity index is 903. The maximum Gasteiger partial charge on any atom is 0.469 e. The maximum absolute atomic E-state index is 14.6. The third-order valence-electron chi connectivity index (χ3n) is 4.33. The van der Waals surface area contributed by atoms with Crippen LogP contribution in [0.4, 0.5) is 16.2 Å². The molecule has 148 valence electrons. The van der Waals surface area contributed by atoms with Crippen molar-refractivity contribution in [1.82, 2.24) is 19.5 Å². The summed E-state index contributed by atoms with van der Waals surface area (Å²) in [5.74, 6) is 0.386. The molecular weight excluding hydrogens is 386 g/mol. The Morgan fingerprint density at radius 1 is 1.44 bits per heavy atom. The molecule has 0 amide bonds. The van der Waals surface area contributed by atoms with Crippen molar-refractivity contribution >= 4 is 30.8 Å². The Kier molecular flexibility index (Phi) is 4.53. The Hall–Kier alpha value is -1.89. The van der Waals surface area contributed by atoms with Gasteiger partial charge in [-0.05, 0) is 12.8 Å². The van der Waals surface area contributed by atoms with E-state index in [2.05, 4.69) is 24.8 Å². The highest BCUT2D eigenvalue weighted by Gasteiger charge is 2.46. The zero-order valence-corrected chi connectivity index (χ0v) is 14.7. The summed E-state index contributed by atoms with van der Waals surface area (Å²) in [5.41, 5.74) is 6.32. The van der Waals surface area contributed by atoms with Crippen LogP contribution in [-0.2, 0) is 13.8 Å². The number of ether oxygens (including phenoxy) is 1. The highest BCUT2D eigenvalue weighted by Crippen LogP contribution is 2.40. The molecule has 1 saturated heterocycles. The quantitative estimate of drug-likeness (QED) is 0.399. The molecule has 27 heavy (non-hydrogen) atoms. The molecule has 2 aliphatic rings. The zero-order chi connectivity index (χ0) is 19.3. The lowest BCUT2D eigenvalue weighted by Crippen LogP contribution is -2.31. The smallest absolute Gasteiger partial charge is 0.387 e. The Labute approximate surface area is 151 Å². The first-order valence-electron chi connectivity index (χ1n) is 8.17. The number of nitrogen functional groups attached to an aromatic ring is 1. The van der Waals surface area contributed by atoms with Gasteiger partial charge in [-0.25, -0.2) is 13.9 Å². The number of anilines is 2. The molecule has 4 rings (SSSR count). The number of halogens is 1. The molecular formula is C13H18FN6O6P. The third-order valence-corrected chi connectivity index (χ3v) is 4.82. The summed E-state index contributed by atoms with van der Waals surface area (Å²) in [5, 5.41) is 13.2. The summed E-state index contributed by atoms with van der Waals surface area (Å²) >= 11 is 0. The molecule has 0 radical (unpaired) electrons. The minimum Gasteiger partial charge on any atom is -0.387 e. The summed E-state index contributed by atoms with van der Waals surface area (Å²) in [6.07, 6.45) is -2.87. The molecule has 2 fully saturated rings. The molecule has 1 aliphatic carbocycles. The second kappa shape index (κ2) is 6.62. The van der Waals surface area contributed by atoms with Gasteiger partial charge < -0.3 is 30.7 Å². The van der Waals surface area contributed by atoms with Crippen LogP contribution in [-0.4, -0.2) is 65.4 Å². The van der Waals surface area contributed by atoms with Crippen molar-refractivity contribution in [3.05, 3.63) is 6.33 Å². The number of phosphoric acid groups is 1. The number of fused-ring (bicyclic) bond motifs is 1. The van der Waals surface area contributed by atoms with Crippen molar-refractivity contribution in [3.8, 4) is 0 Å². The predicted octanol–water partition coefficient (Wildman–Crippen LogP) is -0.312. The number of alkyl halides is 1. The van der Waals surface area contributed by atoms with E-state index in [-0.39, 0.29) is 17.6 Å². The summed E-state index contributed by atoms with van der Waals surface area (Å²) in [6.45, 7) is -0.680. The van der Waals surface area contributed by atoms with E-state index in [1.165, 1.54) is 10.9 Å². The number of nitrogens with zero attached hydrogens (tertiary/aromatic N) is 4. The van der Waals surface area contributed by atoms with E-state index in [0.717, 1.165) is 12.8 Å². The maximum atomic E-state index is 14.6. The predicted molar refractivity (Wildman–Crippen MR) is 89.2 cm³/mol. The first-order chi connectivity index (χ1) is 12.7. The molecule has 0 spiro atoms. The minimum absolute atomic E-state index is 0.0391.